The molecule has 0 spiro atoms. The van der Waals surface area contributed by atoms with Crippen molar-refractivity contribution in [2.75, 3.05) is 39.5 Å². The maximum atomic E-state index is 8.68. The van der Waals surface area contributed by atoms with Crippen LogP contribution in [0.25, 0.3) is 5.65 Å². The van der Waals surface area contributed by atoms with Crippen molar-refractivity contribution in [1.29, 1.82) is 0 Å². The van der Waals surface area contributed by atoms with E-state index in [1.165, 1.54) is 0 Å². The SMILES string of the molecule is OCCOCCN1CCC(c2nnc3ccccn23)CC1. The highest BCUT2D eigenvalue weighted by atomic mass is 16.5. The monoisotopic (exact) mass is 290 g/mol. The number of nitrogens with zero attached hydrogens (tertiary/aromatic N) is 4. The van der Waals surface area contributed by atoms with Crippen LogP contribution in [0.15, 0.2) is 24.4 Å². The highest BCUT2D eigenvalue weighted by Crippen LogP contribution is 2.26. The van der Waals surface area contributed by atoms with Crippen LogP contribution in [0.3, 0.4) is 0 Å². The Morgan fingerprint density at radius 3 is 2.86 bits per heavy atom. The van der Waals surface area contributed by atoms with Crippen LogP contribution in [0.4, 0.5) is 0 Å². The molecule has 21 heavy (non-hydrogen) atoms. The predicted molar refractivity (Wildman–Crippen MR) is 79.3 cm³/mol. The summed E-state index contributed by atoms with van der Waals surface area (Å²) in [7, 11) is 0. The summed E-state index contributed by atoms with van der Waals surface area (Å²) in [6.07, 6.45) is 4.26. The second-order valence-corrected chi connectivity index (χ2v) is 5.44. The maximum absolute atomic E-state index is 8.68. The molecule has 6 heteroatoms. The van der Waals surface area contributed by atoms with Crippen LogP contribution in [0.2, 0.25) is 0 Å². The molecule has 0 saturated carbocycles. The highest BCUT2D eigenvalue weighted by molar-refractivity contribution is 5.37. The number of hydrogen-bond donors (Lipinski definition) is 1. The molecule has 1 N–H and O–H groups in total. The largest absolute Gasteiger partial charge is 0.394 e. The molecule has 3 heterocycles. The third-order valence-corrected chi connectivity index (χ3v) is 4.08. The third kappa shape index (κ3) is 3.40. The smallest absolute Gasteiger partial charge is 0.160 e. The van der Waals surface area contributed by atoms with Crippen LogP contribution in [-0.2, 0) is 4.74 Å². The van der Waals surface area contributed by atoms with Crippen molar-refractivity contribution in [3.05, 3.63) is 30.2 Å². The molecule has 114 valence electrons. The average Bonchev–Trinajstić information content (AvgIpc) is 2.96. The van der Waals surface area contributed by atoms with Gasteiger partial charge in [0.25, 0.3) is 0 Å². The van der Waals surface area contributed by atoms with E-state index >= 15 is 0 Å². The first-order valence-corrected chi connectivity index (χ1v) is 7.59. The predicted octanol–water partition coefficient (Wildman–Crippen LogP) is 0.918. The topological polar surface area (TPSA) is 62.9 Å². The van der Waals surface area contributed by atoms with E-state index in [4.69, 9.17) is 9.84 Å². The summed E-state index contributed by atoms with van der Waals surface area (Å²) >= 11 is 0. The minimum absolute atomic E-state index is 0.0992. The summed E-state index contributed by atoms with van der Waals surface area (Å²) in [4.78, 5) is 2.41. The fourth-order valence-electron chi connectivity index (χ4n) is 2.91. The van der Waals surface area contributed by atoms with Crippen molar-refractivity contribution >= 4 is 5.65 Å². The molecule has 3 rings (SSSR count). The summed E-state index contributed by atoms with van der Waals surface area (Å²) in [5, 5.41) is 17.3. The van der Waals surface area contributed by atoms with Crippen molar-refractivity contribution in [1.82, 2.24) is 19.5 Å². The van der Waals surface area contributed by atoms with E-state index in [0.717, 1.165) is 43.9 Å². The molecule has 1 aliphatic rings. The Hall–Kier alpha value is -1.50. The van der Waals surface area contributed by atoms with E-state index in [0.29, 0.717) is 19.1 Å². The molecule has 0 bridgehead atoms. The molecule has 1 saturated heterocycles. The van der Waals surface area contributed by atoms with Gasteiger partial charge in [-0.1, -0.05) is 6.07 Å². The Kier molecular flexibility index (Phi) is 4.80. The molecular weight excluding hydrogens is 268 g/mol. The van der Waals surface area contributed by atoms with Crippen molar-refractivity contribution < 1.29 is 9.84 Å². The van der Waals surface area contributed by atoms with Gasteiger partial charge in [-0.15, -0.1) is 10.2 Å². The number of aliphatic hydroxyl groups is 1. The van der Waals surface area contributed by atoms with E-state index < -0.39 is 0 Å². The lowest BCUT2D eigenvalue weighted by Gasteiger charge is -2.30. The van der Waals surface area contributed by atoms with Gasteiger partial charge < -0.3 is 14.7 Å². The number of aromatic nitrogens is 3. The summed E-state index contributed by atoms with van der Waals surface area (Å²) in [5.41, 5.74) is 0.923. The van der Waals surface area contributed by atoms with Crippen LogP contribution in [0, 0.1) is 0 Å². The third-order valence-electron chi connectivity index (χ3n) is 4.08. The van der Waals surface area contributed by atoms with Crippen LogP contribution in [-0.4, -0.2) is 64.1 Å². The minimum atomic E-state index is 0.0992. The first kappa shape index (κ1) is 14.4. The Morgan fingerprint density at radius 2 is 2.05 bits per heavy atom. The minimum Gasteiger partial charge on any atom is -0.394 e. The van der Waals surface area contributed by atoms with E-state index in [9.17, 15) is 0 Å². The zero-order valence-corrected chi connectivity index (χ0v) is 12.2. The number of aliphatic hydroxyl groups excluding tert-OH is 1. The molecule has 0 aliphatic carbocycles. The molecule has 6 nitrogen and oxygen atoms in total. The molecular formula is C15H22N4O2. The van der Waals surface area contributed by atoms with E-state index in [1.54, 1.807) is 0 Å². The van der Waals surface area contributed by atoms with Gasteiger partial charge in [0.05, 0.1) is 19.8 Å². The lowest BCUT2D eigenvalue weighted by Crippen LogP contribution is -2.35. The molecule has 2 aromatic rings. The van der Waals surface area contributed by atoms with E-state index in [-0.39, 0.29) is 6.61 Å². The fourth-order valence-corrected chi connectivity index (χ4v) is 2.91. The summed E-state index contributed by atoms with van der Waals surface area (Å²) in [6.45, 7) is 4.29. The summed E-state index contributed by atoms with van der Waals surface area (Å²) in [6, 6.07) is 6.00. The van der Waals surface area contributed by atoms with Gasteiger partial charge >= 0.3 is 0 Å². The maximum Gasteiger partial charge on any atom is 0.160 e. The molecule has 1 fully saturated rings. The lowest BCUT2D eigenvalue weighted by atomic mass is 9.96. The number of pyridine rings is 1. The van der Waals surface area contributed by atoms with Crippen molar-refractivity contribution in [2.45, 2.75) is 18.8 Å². The number of hydrogen-bond acceptors (Lipinski definition) is 5. The van der Waals surface area contributed by atoms with Gasteiger partial charge in [0.15, 0.2) is 5.65 Å². The summed E-state index contributed by atoms with van der Waals surface area (Å²) in [5.74, 6) is 1.57. The van der Waals surface area contributed by atoms with Crippen LogP contribution < -0.4 is 0 Å². The average molecular weight is 290 g/mol. The van der Waals surface area contributed by atoms with Crippen LogP contribution >= 0.6 is 0 Å². The van der Waals surface area contributed by atoms with Crippen LogP contribution in [0.5, 0.6) is 0 Å². The Morgan fingerprint density at radius 1 is 1.19 bits per heavy atom. The lowest BCUT2D eigenvalue weighted by molar-refractivity contribution is 0.0677. The first-order chi connectivity index (χ1) is 10.4. The Balaban J connectivity index is 1.54. The summed E-state index contributed by atoms with van der Waals surface area (Å²) < 4.78 is 7.43. The normalized spacial score (nSPS) is 17.6. The second kappa shape index (κ2) is 6.98. The van der Waals surface area contributed by atoms with Crippen LogP contribution in [0.1, 0.15) is 24.6 Å². The number of fused-ring (bicyclic) bond motifs is 1. The van der Waals surface area contributed by atoms with E-state index in [1.807, 2.05) is 24.4 Å². The molecule has 2 aromatic heterocycles. The van der Waals surface area contributed by atoms with Crippen molar-refractivity contribution in [3.63, 3.8) is 0 Å². The molecule has 0 atom stereocenters. The van der Waals surface area contributed by atoms with Gasteiger partial charge in [-0.25, -0.2) is 0 Å². The molecule has 0 unspecified atom stereocenters. The second-order valence-electron chi connectivity index (χ2n) is 5.44. The number of ether oxygens (including phenoxy) is 1. The zero-order chi connectivity index (χ0) is 14.5. The standard InChI is InChI=1S/C15H22N4O2/c20-10-12-21-11-9-18-7-4-13(5-8-18)15-17-16-14-3-1-2-6-19(14)15/h1-3,6,13,20H,4-5,7-12H2. The van der Waals surface area contributed by atoms with Crippen molar-refractivity contribution in [2.24, 2.45) is 0 Å². The molecule has 0 amide bonds. The van der Waals surface area contributed by atoms with Gasteiger partial charge in [0, 0.05) is 18.7 Å². The molecule has 1 aliphatic heterocycles. The zero-order valence-electron chi connectivity index (χ0n) is 12.2. The number of rotatable bonds is 6. The van der Waals surface area contributed by atoms with Gasteiger partial charge in [-0.2, -0.15) is 0 Å². The molecule has 0 aromatic carbocycles. The quantitative estimate of drug-likeness (QED) is 0.802. The van der Waals surface area contributed by atoms with Gasteiger partial charge in [0.1, 0.15) is 5.82 Å². The number of likely N-dealkylation sites (tertiary alicyclic amines) is 1. The first-order valence-electron chi connectivity index (χ1n) is 7.59. The van der Waals surface area contributed by atoms with Crippen molar-refractivity contribution in [3.8, 4) is 0 Å². The van der Waals surface area contributed by atoms with E-state index in [2.05, 4.69) is 19.5 Å². The highest BCUT2D eigenvalue weighted by Gasteiger charge is 2.24. The number of piperidine rings is 1. The Bertz CT molecular complexity index is 564. The fraction of sp³-hybridized carbons (Fsp3) is 0.600. The Labute approximate surface area is 124 Å². The van der Waals surface area contributed by atoms with Gasteiger partial charge in [-0.05, 0) is 38.1 Å². The van der Waals surface area contributed by atoms with Gasteiger partial charge in [0.2, 0.25) is 0 Å². The molecule has 0 radical (unpaired) electrons. The van der Waals surface area contributed by atoms with Gasteiger partial charge in [-0.3, -0.25) is 4.40 Å².